The summed E-state index contributed by atoms with van der Waals surface area (Å²) in [6.45, 7) is -0.529. The molecule has 88 valence electrons. The van der Waals surface area contributed by atoms with E-state index in [0.717, 1.165) is 0 Å². The highest BCUT2D eigenvalue weighted by atomic mass is 79.9. The van der Waals surface area contributed by atoms with Crippen LogP contribution in [0.4, 0.5) is 0 Å². The first-order chi connectivity index (χ1) is 6.12. The molecule has 0 spiro atoms. The van der Waals surface area contributed by atoms with Gasteiger partial charge in [-0.1, -0.05) is 15.9 Å². The Labute approximate surface area is 90.8 Å². The molecule has 0 heterocycles. The summed E-state index contributed by atoms with van der Waals surface area (Å²) in [6.07, 6.45) is 0. The van der Waals surface area contributed by atoms with E-state index in [1.165, 1.54) is 0 Å². The van der Waals surface area contributed by atoms with Gasteiger partial charge in [0, 0.05) is 5.33 Å². The summed E-state index contributed by atoms with van der Waals surface area (Å²) < 4.78 is 54.6. The summed E-state index contributed by atoms with van der Waals surface area (Å²) in [7, 11) is -7.65. The summed E-state index contributed by atoms with van der Waals surface area (Å²) in [4.78, 5) is 0. The Morgan fingerprint density at radius 1 is 0.929 bits per heavy atom. The van der Waals surface area contributed by atoms with E-state index in [1.54, 1.807) is 0 Å². The quantitative estimate of drug-likeness (QED) is 0.454. The molecule has 0 rings (SSSR count). The molecule has 0 fully saturated rings. The van der Waals surface area contributed by atoms with Crippen molar-refractivity contribution in [1.29, 1.82) is 0 Å². The molecule has 0 aromatic heterocycles. The predicted molar refractivity (Wildman–Crippen MR) is 53.7 cm³/mol. The lowest BCUT2D eigenvalue weighted by Gasteiger charge is -1.85. The SMILES string of the molecule is O=S(=O)(O)CCBr.O=S(=O)(O)CCO. The molecule has 0 bridgehead atoms. The van der Waals surface area contributed by atoms with Gasteiger partial charge in [-0.05, 0) is 0 Å². The number of hydrogen-bond acceptors (Lipinski definition) is 5. The topological polar surface area (TPSA) is 129 Å². The molecule has 7 nitrogen and oxygen atoms in total. The maximum absolute atomic E-state index is 9.76. The van der Waals surface area contributed by atoms with Crippen LogP contribution in [0.1, 0.15) is 0 Å². The molecule has 0 saturated carbocycles. The predicted octanol–water partition coefficient (Wildman–Crippen LogP) is -0.864. The van der Waals surface area contributed by atoms with E-state index in [-0.39, 0.29) is 11.1 Å². The number of hydrogen-bond donors (Lipinski definition) is 3. The number of alkyl halides is 1. The molecule has 14 heavy (non-hydrogen) atoms. The van der Waals surface area contributed by atoms with Crippen LogP contribution in [0.25, 0.3) is 0 Å². The van der Waals surface area contributed by atoms with Gasteiger partial charge >= 0.3 is 0 Å². The molecular weight excluding hydrogens is 304 g/mol. The van der Waals surface area contributed by atoms with Crippen molar-refractivity contribution in [2.75, 3.05) is 23.4 Å². The van der Waals surface area contributed by atoms with Gasteiger partial charge in [-0.3, -0.25) is 9.11 Å². The van der Waals surface area contributed by atoms with Crippen LogP contribution in [0.5, 0.6) is 0 Å². The van der Waals surface area contributed by atoms with Crippen molar-refractivity contribution in [2.24, 2.45) is 0 Å². The maximum Gasteiger partial charge on any atom is 0.267 e. The van der Waals surface area contributed by atoms with Crippen molar-refractivity contribution in [3.63, 3.8) is 0 Å². The van der Waals surface area contributed by atoms with Crippen LogP contribution in [0.3, 0.4) is 0 Å². The van der Waals surface area contributed by atoms with E-state index in [9.17, 15) is 16.8 Å². The fourth-order valence-electron chi connectivity index (χ4n) is 0.213. The zero-order valence-corrected chi connectivity index (χ0v) is 10.2. The third-order valence-electron chi connectivity index (χ3n) is 0.684. The van der Waals surface area contributed by atoms with E-state index in [4.69, 9.17) is 14.2 Å². The lowest BCUT2D eigenvalue weighted by Crippen LogP contribution is -2.06. The molecule has 0 amide bonds. The van der Waals surface area contributed by atoms with E-state index >= 15 is 0 Å². The third kappa shape index (κ3) is 22.8. The van der Waals surface area contributed by atoms with Gasteiger partial charge in [-0.15, -0.1) is 0 Å². The highest BCUT2D eigenvalue weighted by Gasteiger charge is 1.99. The molecule has 3 N–H and O–H groups in total. The van der Waals surface area contributed by atoms with Gasteiger partial charge in [0.2, 0.25) is 0 Å². The van der Waals surface area contributed by atoms with E-state index in [1.807, 2.05) is 0 Å². The lowest BCUT2D eigenvalue weighted by molar-refractivity contribution is 0.315. The van der Waals surface area contributed by atoms with Crippen LogP contribution in [-0.4, -0.2) is 54.5 Å². The number of aliphatic hydroxyl groups excluding tert-OH is 1. The second-order valence-corrected chi connectivity index (χ2v) is 5.92. The molecule has 0 aromatic rings. The van der Waals surface area contributed by atoms with E-state index in [2.05, 4.69) is 15.9 Å². The molecular formula is C4H11BrO7S2. The number of rotatable bonds is 4. The minimum atomic E-state index is -3.92. The van der Waals surface area contributed by atoms with Crippen molar-refractivity contribution < 1.29 is 31.0 Å². The molecule has 0 radical (unpaired) electrons. The molecule has 0 aliphatic rings. The van der Waals surface area contributed by atoms with Crippen LogP contribution >= 0.6 is 15.9 Å². The first-order valence-corrected chi connectivity index (χ1v) is 7.53. The van der Waals surface area contributed by atoms with Crippen molar-refractivity contribution in [3.05, 3.63) is 0 Å². The molecule has 10 heteroatoms. The molecule has 0 aromatic carbocycles. The summed E-state index contributed by atoms with van der Waals surface area (Å²) in [5.74, 6) is -0.792. The average Bonchev–Trinajstić information content (AvgIpc) is 1.81. The van der Waals surface area contributed by atoms with Gasteiger partial charge < -0.3 is 5.11 Å². The van der Waals surface area contributed by atoms with Gasteiger partial charge in [0.15, 0.2) is 0 Å². The van der Waals surface area contributed by atoms with Crippen LogP contribution in [0, 0.1) is 0 Å². The van der Waals surface area contributed by atoms with Crippen LogP contribution < -0.4 is 0 Å². The Kier molecular flexibility index (Phi) is 8.98. The highest BCUT2D eigenvalue weighted by Crippen LogP contribution is 1.85. The summed E-state index contributed by atoms with van der Waals surface area (Å²) in [6, 6.07) is 0. The zero-order valence-electron chi connectivity index (χ0n) is 7.00. The van der Waals surface area contributed by atoms with Gasteiger partial charge in [0.1, 0.15) is 0 Å². The summed E-state index contributed by atoms with van der Waals surface area (Å²) in [5.41, 5.74) is 0. The normalized spacial score (nSPS) is 11.7. The first-order valence-electron chi connectivity index (χ1n) is 3.19. The van der Waals surface area contributed by atoms with Crippen LogP contribution in [0.15, 0.2) is 0 Å². The van der Waals surface area contributed by atoms with Gasteiger partial charge in [-0.2, -0.15) is 16.8 Å². The van der Waals surface area contributed by atoms with Crippen molar-refractivity contribution in [3.8, 4) is 0 Å². The van der Waals surface area contributed by atoms with Gasteiger partial charge in [0.05, 0.1) is 18.1 Å². The van der Waals surface area contributed by atoms with E-state index in [0.29, 0.717) is 0 Å². The monoisotopic (exact) mass is 314 g/mol. The minimum absolute atomic E-state index is 0.215. The summed E-state index contributed by atoms with van der Waals surface area (Å²) in [5, 5.41) is 8.15. The zero-order chi connectivity index (χ0) is 11.8. The molecule has 0 unspecified atom stereocenters. The molecule has 0 aliphatic heterocycles. The van der Waals surface area contributed by atoms with E-state index < -0.39 is 32.6 Å². The second kappa shape index (κ2) is 7.54. The number of aliphatic hydroxyl groups is 1. The Morgan fingerprint density at radius 3 is 1.29 bits per heavy atom. The van der Waals surface area contributed by atoms with Crippen LogP contribution in [0.2, 0.25) is 0 Å². The van der Waals surface area contributed by atoms with Crippen LogP contribution in [-0.2, 0) is 20.2 Å². The van der Waals surface area contributed by atoms with Gasteiger partial charge in [-0.25, -0.2) is 0 Å². The Hall–Kier alpha value is 0.260. The second-order valence-electron chi connectivity index (χ2n) is 1.98. The maximum atomic E-state index is 9.76. The smallest absolute Gasteiger partial charge is 0.267 e. The summed E-state index contributed by atoms with van der Waals surface area (Å²) >= 11 is 2.85. The fraction of sp³-hybridized carbons (Fsp3) is 1.00. The number of halogens is 1. The van der Waals surface area contributed by atoms with Gasteiger partial charge in [0.25, 0.3) is 20.2 Å². The Morgan fingerprint density at radius 2 is 1.29 bits per heavy atom. The third-order valence-corrected chi connectivity index (χ3v) is 3.02. The average molecular weight is 315 g/mol. The minimum Gasteiger partial charge on any atom is -0.395 e. The molecule has 0 atom stereocenters. The standard InChI is InChI=1S/C2H5BrO3S.C2H6O4S/c2*3-1-2-7(4,5)6/h1-2H2,(H,4,5,6);3H,1-2H2,(H,4,5,6). The Bertz CT molecular complexity index is 284. The largest absolute Gasteiger partial charge is 0.395 e. The fourth-order valence-corrected chi connectivity index (χ4v) is 1.87. The van der Waals surface area contributed by atoms with Crippen molar-refractivity contribution in [1.82, 2.24) is 0 Å². The Balaban J connectivity index is 0. The first kappa shape index (κ1) is 16.7. The van der Waals surface area contributed by atoms with Crippen molar-refractivity contribution in [2.45, 2.75) is 0 Å². The molecule has 0 saturated heterocycles. The molecule has 0 aliphatic carbocycles. The lowest BCUT2D eigenvalue weighted by atomic mass is 10.9. The van der Waals surface area contributed by atoms with Crippen molar-refractivity contribution >= 4 is 36.2 Å². The highest BCUT2D eigenvalue weighted by molar-refractivity contribution is 9.09.